The molecule has 0 amide bonds. The molecule has 6 heteroatoms. The highest BCUT2D eigenvalue weighted by Crippen LogP contribution is 2.29. The number of anilines is 1. The van der Waals surface area contributed by atoms with Crippen LogP contribution in [0.5, 0.6) is 5.75 Å². The summed E-state index contributed by atoms with van der Waals surface area (Å²) in [6, 6.07) is 11.0. The van der Waals surface area contributed by atoms with Gasteiger partial charge in [-0.2, -0.15) is 0 Å². The molecule has 0 aromatic heterocycles. The highest BCUT2D eigenvalue weighted by molar-refractivity contribution is 5.63. The first-order valence-electron chi connectivity index (χ1n) is 6.29. The van der Waals surface area contributed by atoms with Crippen LogP contribution >= 0.6 is 0 Å². The summed E-state index contributed by atoms with van der Waals surface area (Å²) in [5.41, 5.74) is 1.06. The third-order valence-electron chi connectivity index (χ3n) is 3.10. The second-order valence-electron chi connectivity index (χ2n) is 4.60. The fraction of sp³-hybridized carbons (Fsp3) is 0.200. The summed E-state index contributed by atoms with van der Waals surface area (Å²) >= 11 is 0. The Morgan fingerprint density at radius 3 is 2.71 bits per heavy atom. The van der Waals surface area contributed by atoms with E-state index in [1.807, 2.05) is 24.3 Å². The molecule has 0 radical (unpaired) electrons. The van der Waals surface area contributed by atoms with Gasteiger partial charge >= 0.3 is 0 Å². The molecule has 0 saturated carbocycles. The molecule has 0 atom stereocenters. The number of rotatable bonds is 5. The van der Waals surface area contributed by atoms with E-state index >= 15 is 0 Å². The molecule has 2 aromatic carbocycles. The van der Waals surface area contributed by atoms with Gasteiger partial charge in [0.1, 0.15) is 17.3 Å². The van der Waals surface area contributed by atoms with Crippen molar-refractivity contribution in [2.24, 2.45) is 0 Å². The highest BCUT2D eigenvalue weighted by Gasteiger charge is 2.18. The maximum atomic E-state index is 13.2. The number of methoxy groups -OCH3 is 1. The summed E-state index contributed by atoms with van der Waals surface area (Å²) in [7, 11) is 3.30. The van der Waals surface area contributed by atoms with Gasteiger partial charge in [0.2, 0.25) is 0 Å². The number of benzene rings is 2. The van der Waals surface area contributed by atoms with Crippen LogP contribution in [0.25, 0.3) is 0 Å². The van der Waals surface area contributed by atoms with Gasteiger partial charge in [-0.3, -0.25) is 10.1 Å². The molecule has 0 saturated heterocycles. The summed E-state index contributed by atoms with van der Waals surface area (Å²) in [4.78, 5) is 12.1. The van der Waals surface area contributed by atoms with Crippen LogP contribution < -0.4 is 9.64 Å². The van der Waals surface area contributed by atoms with Crippen LogP contribution in [0, 0.1) is 15.9 Å². The SMILES string of the molecule is COc1cccc(CN(C)c2ccc(F)cc2[N+](=O)[O-])c1. The first-order chi connectivity index (χ1) is 10.0. The van der Waals surface area contributed by atoms with E-state index in [9.17, 15) is 14.5 Å². The van der Waals surface area contributed by atoms with E-state index in [0.717, 1.165) is 17.4 Å². The lowest BCUT2D eigenvalue weighted by Crippen LogP contribution is -2.17. The molecule has 0 fully saturated rings. The second-order valence-corrected chi connectivity index (χ2v) is 4.60. The largest absolute Gasteiger partial charge is 0.497 e. The van der Waals surface area contributed by atoms with Gasteiger partial charge < -0.3 is 9.64 Å². The molecule has 0 heterocycles. The van der Waals surface area contributed by atoms with E-state index in [-0.39, 0.29) is 5.69 Å². The standard InChI is InChI=1S/C15H15FN2O3/c1-17(10-11-4-3-5-13(8-11)21-2)14-7-6-12(16)9-15(14)18(19)20/h3-9H,10H2,1-2H3. The molecule has 0 bridgehead atoms. The number of nitro groups is 1. The van der Waals surface area contributed by atoms with Crippen molar-refractivity contribution < 1.29 is 14.1 Å². The summed E-state index contributed by atoms with van der Waals surface area (Å²) < 4.78 is 18.3. The predicted octanol–water partition coefficient (Wildman–Crippen LogP) is 3.38. The van der Waals surface area contributed by atoms with Gasteiger partial charge in [0.25, 0.3) is 5.69 Å². The molecule has 0 spiro atoms. The quantitative estimate of drug-likeness (QED) is 0.625. The zero-order chi connectivity index (χ0) is 15.4. The van der Waals surface area contributed by atoms with Crippen LogP contribution in [0.15, 0.2) is 42.5 Å². The van der Waals surface area contributed by atoms with Crippen LogP contribution in [0.3, 0.4) is 0 Å². The van der Waals surface area contributed by atoms with Crippen molar-refractivity contribution in [3.63, 3.8) is 0 Å². The van der Waals surface area contributed by atoms with E-state index in [2.05, 4.69) is 0 Å². The van der Waals surface area contributed by atoms with Gasteiger partial charge in [-0.1, -0.05) is 12.1 Å². The maximum absolute atomic E-state index is 13.2. The van der Waals surface area contributed by atoms with Crippen LogP contribution in [-0.4, -0.2) is 19.1 Å². The van der Waals surface area contributed by atoms with Crippen molar-refractivity contribution in [3.8, 4) is 5.75 Å². The van der Waals surface area contributed by atoms with E-state index in [1.54, 1.807) is 19.1 Å². The van der Waals surface area contributed by atoms with Gasteiger partial charge in [0, 0.05) is 13.6 Å². The Morgan fingerprint density at radius 2 is 2.05 bits per heavy atom. The first kappa shape index (κ1) is 14.8. The fourth-order valence-electron chi connectivity index (χ4n) is 2.10. The molecule has 0 aliphatic heterocycles. The average molecular weight is 290 g/mol. The molecule has 0 N–H and O–H groups in total. The number of halogens is 1. The molecule has 0 unspecified atom stereocenters. The van der Waals surface area contributed by atoms with Gasteiger partial charge in [-0.25, -0.2) is 4.39 Å². The number of nitrogens with zero attached hydrogens (tertiary/aromatic N) is 2. The molecular weight excluding hydrogens is 275 g/mol. The topological polar surface area (TPSA) is 55.6 Å². The molecular formula is C15H15FN2O3. The molecule has 0 aliphatic carbocycles. The summed E-state index contributed by atoms with van der Waals surface area (Å²) in [6.07, 6.45) is 0. The predicted molar refractivity (Wildman–Crippen MR) is 78.2 cm³/mol. The van der Waals surface area contributed by atoms with E-state index < -0.39 is 10.7 Å². The Kier molecular flexibility index (Phi) is 4.37. The number of hydrogen-bond acceptors (Lipinski definition) is 4. The smallest absolute Gasteiger partial charge is 0.295 e. The first-order valence-corrected chi connectivity index (χ1v) is 6.29. The highest BCUT2D eigenvalue weighted by atomic mass is 19.1. The lowest BCUT2D eigenvalue weighted by Gasteiger charge is -2.19. The van der Waals surface area contributed by atoms with E-state index in [4.69, 9.17) is 4.74 Å². The van der Waals surface area contributed by atoms with Crippen molar-refractivity contribution >= 4 is 11.4 Å². The minimum Gasteiger partial charge on any atom is -0.497 e. The Bertz CT molecular complexity index is 661. The van der Waals surface area contributed by atoms with Gasteiger partial charge in [0.05, 0.1) is 18.1 Å². The minimum atomic E-state index is -0.625. The summed E-state index contributed by atoms with van der Waals surface area (Å²) in [5, 5.41) is 11.0. The minimum absolute atomic E-state index is 0.250. The van der Waals surface area contributed by atoms with Crippen molar-refractivity contribution in [1.82, 2.24) is 0 Å². The lowest BCUT2D eigenvalue weighted by atomic mass is 10.2. The molecule has 5 nitrogen and oxygen atoms in total. The Labute approximate surface area is 121 Å². The monoisotopic (exact) mass is 290 g/mol. The van der Waals surface area contributed by atoms with Gasteiger partial charge in [-0.15, -0.1) is 0 Å². The third kappa shape index (κ3) is 3.47. The summed E-state index contributed by atoms with van der Waals surface area (Å²) in [6.45, 7) is 0.448. The second kappa shape index (κ2) is 6.21. The van der Waals surface area contributed by atoms with Crippen LogP contribution in [0.1, 0.15) is 5.56 Å². The van der Waals surface area contributed by atoms with Crippen molar-refractivity contribution in [2.45, 2.75) is 6.54 Å². The normalized spacial score (nSPS) is 10.2. The molecule has 2 aromatic rings. The lowest BCUT2D eigenvalue weighted by molar-refractivity contribution is -0.384. The number of hydrogen-bond donors (Lipinski definition) is 0. The number of ether oxygens (including phenoxy) is 1. The Balaban J connectivity index is 2.27. The molecule has 2 rings (SSSR count). The van der Waals surface area contributed by atoms with Gasteiger partial charge in [-0.05, 0) is 29.8 Å². The average Bonchev–Trinajstić information content (AvgIpc) is 2.47. The molecule has 21 heavy (non-hydrogen) atoms. The molecule has 110 valence electrons. The van der Waals surface area contributed by atoms with Crippen molar-refractivity contribution in [1.29, 1.82) is 0 Å². The van der Waals surface area contributed by atoms with Crippen molar-refractivity contribution in [3.05, 3.63) is 64.0 Å². The molecule has 0 aliphatic rings. The third-order valence-corrected chi connectivity index (χ3v) is 3.10. The summed E-state index contributed by atoms with van der Waals surface area (Å²) in [5.74, 6) is 0.0923. The fourth-order valence-corrected chi connectivity index (χ4v) is 2.10. The number of nitro benzene ring substituents is 1. The Morgan fingerprint density at radius 1 is 1.29 bits per heavy atom. The van der Waals surface area contributed by atoms with E-state index in [1.165, 1.54) is 12.1 Å². The zero-order valence-corrected chi connectivity index (χ0v) is 11.7. The Hall–Kier alpha value is -2.63. The van der Waals surface area contributed by atoms with Crippen LogP contribution in [-0.2, 0) is 6.54 Å². The van der Waals surface area contributed by atoms with Crippen LogP contribution in [0.2, 0.25) is 0 Å². The maximum Gasteiger partial charge on any atom is 0.295 e. The zero-order valence-electron chi connectivity index (χ0n) is 11.7. The van der Waals surface area contributed by atoms with Crippen LogP contribution in [0.4, 0.5) is 15.8 Å². The van der Waals surface area contributed by atoms with Gasteiger partial charge in [0.15, 0.2) is 0 Å². The van der Waals surface area contributed by atoms with E-state index in [0.29, 0.717) is 12.2 Å². The van der Waals surface area contributed by atoms with Crippen molar-refractivity contribution in [2.75, 3.05) is 19.1 Å².